The maximum Gasteiger partial charge on any atom is 0.255 e. The molecule has 2 N–H and O–H groups in total. The monoisotopic (exact) mass is 303 g/mol. The van der Waals surface area contributed by atoms with Crippen molar-refractivity contribution in [3.63, 3.8) is 0 Å². The van der Waals surface area contributed by atoms with E-state index >= 15 is 0 Å². The molecule has 0 saturated carbocycles. The van der Waals surface area contributed by atoms with E-state index in [0.717, 1.165) is 0 Å². The van der Waals surface area contributed by atoms with Crippen molar-refractivity contribution in [2.45, 2.75) is 0 Å². The molecule has 94 valence electrons. The van der Waals surface area contributed by atoms with Crippen molar-refractivity contribution in [2.75, 3.05) is 27.4 Å². The fourth-order valence-electron chi connectivity index (χ4n) is 1.33. The predicted molar refractivity (Wildman–Crippen MR) is 66.7 cm³/mol. The number of ether oxygens (including phenoxy) is 2. The second-order valence-corrected chi connectivity index (χ2v) is 4.02. The number of aliphatic hydroxyl groups excluding tert-OH is 1. The fraction of sp³-hybridized carbons (Fsp3) is 0.364. The second-order valence-electron chi connectivity index (χ2n) is 3.17. The van der Waals surface area contributed by atoms with Gasteiger partial charge in [0.05, 0.1) is 30.9 Å². The van der Waals surface area contributed by atoms with Crippen LogP contribution in [0.15, 0.2) is 16.6 Å². The fourth-order valence-corrected chi connectivity index (χ4v) is 1.93. The Morgan fingerprint density at radius 1 is 1.41 bits per heavy atom. The smallest absolute Gasteiger partial charge is 0.255 e. The van der Waals surface area contributed by atoms with E-state index in [4.69, 9.17) is 14.6 Å². The molecule has 0 saturated heterocycles. The van der Waals surface area contributed by atoms with Crippen LogP contribution in [0, 0.1) is 0 Å². The molecule has 0 spiro atoms. The number of nitrogens with one attached hydrogen (secondary N) is 1. The zero-order chi connectivity index (χ0) is 12.8. The Morgan fingerprint density at radius 2 is 2.12 bits per heavy atom. The lowest BCUT2D eigenvalue weighted by Gasteiger charge is -2.12. The molecule has 0 aliphatic rings. The van der Waals surface area contributed by atoms with Gasteiger partial charge in [0, 0.05) is 6.54 Å². The number of amides is 1. The van der Waals surface area contributed by atoms with E-state index in [0.29, 0.717) is 21.5 Å². The third-order valence-electron chi connectivity index (χ3n) is 2.10. The molecule has 1 rings (SSSR count). The summed E-state index contributed by atoms with van der Waals surface area (Å²) in [5, 5.41) is 11.2. The summed E-state index contributed by atoms with van der Waals surface area (Å²) in [5.74, 6) is 0.656. The Balaban J connectivity index is 3.10. The molecule has 0 heterocycles. The molecule has 0 unspecified atom stereocenters. The maximum atomic E-state index is 11.8. The van der Waals surface area contributed by atoms with Crippen LogP contribution in [-0.2, 0) is 0 Å². The first kappa shape index (κ1) is 13.8. The topological polar surface area (TPSA) is 67.8 Å². The number of hydrogen-bond acceptors (Lipinski definition) is 4. The van der Waals surface area contributed by atoms with Crippen LogP contribution in [0.2, 0.25) is 0 Å². The standard InChI is InChI=1S/C11H14BrNO4/c1-16-7-5-8(11(15)13-3-4-14)10(17-2)9(12)6-7/h5-6,14H,3-4H2,1-2H3,(H,13,15). The van der Waals surface area contributed by atoms with Gasteiger partial charge < -0.3 is 19.9 Å². The molecule has 1 aromatic carbocycles. The minimum atomic E-state index is -0.324. The zero-order valence-corrected chi connectivity index (χ0v) is 11.2. The third kappa shape index (κ3) is 3.34. The van der Waals surface area contributed by atoms with Crippen molar-refractivity contribution in [2.24, 2.45) is 0 Å². The SMILES string of the molecule is COc1cc(Br)c(OC)c(C(=O)NCCO)c1. The van der Waals surface area contributed by atoms with E-state index in [2.05, 4.69) is 21.2 Å². The van der Waals surface area contributed by atoms with E-state index in [-0.39, 0.29) is 19.1 Å². The first-order valence-electron chi connectivity index (χ1n) is 4.94. The molecule has 6 heteroatoms. The second kappa shape index (κ2) is 6.46. The molecule has 0 aromatic heterocycles. The number of hydrogen-bond donors (Lipinski definition) is 2. The molecule has 0 aliphatic heterocycles. The minimum Gasteiger partial charge on any atom is -0.497 e. The number of benzene rings is 1. The molecule has 17 heavy (non-hydrogen) atoms. The lowest BCUT2D eigenvalue weighted by molar-refractivity contribution is 0.0941. The molecule has 0 bridgehead atoms. The summed E-state index contributed by atoms with van der Waals surface area (Å²) in [4.78, 5) is 11.8. The van der Waals surface area contributed by atoms with Crippen LogP contribution in [-0.4, -0.2) is 38.4 Å². The van der Waals surface area contributed by atoms with Crippen LogP contribution in [0.25, 0.3) is 0 Å². The van der Waals surface area contributed by atoms with Crippen LogP contribution < -0.4 is 14.8 Å². The van der Waals surface area contributed by atoms with Gasteiger partial charge in [0.2, 0.25) is 0 Å². The van der Waals surface area contributed by atoms with Crippen LogP contribution in [0.4, 0.5) is 0 Å². The Morgan fingerprint density at radius 3 is 2.65 bits per heavy atom. The molecule has 0 fully saturated rings. The zero-order valence-electron chi connectivity index (χ0n) is 9.62. The van der Waals surface area contributed by atoms with Gasteiger partial charge in [-0.3, -0.25) is 4.79 Å². The molecular formula is C11H14BrNO4. The van der Waals surface area contributed by atoms with E-state index in [1.807, 2.05) is 0 Å². The van der Waals surface area contributed by atoms with Crippen molar-refractivity contribution in [1.82, 2.24) is 5.32 Å². The maximum absolute atomic E-state index is 11.8. The molecular weight excluding hydrogens is 290 g/mol. The highest BCUT2D eigenvalue weighted by atomic mass is 79.9. The quantitative estimate of drug-likeness (QED) is 0.857. The van der Waals surface area contributed by atoms with Gasteiger partial charge in [-0.15, -0.1) is 0 Å². The summed E-state index contributed by atoms with van der Waals surface area (Å²) in [7, 11) is 3.00. The number of halogens is 1. The van der Waals surface area contributed by atoms with Crippen LogP contribution in [0.1, 0.15) is 10.4 Å². The largest absolute Gasteiger partial charge is 0.497 e. The van der Waals surface area contributed by atoms with Gasteiger partial charge >= 0.3 is 0 Å². The summed E-state index contributed by atoms with van der Waals surface area (Å²) in [6.45, 7) is 0.0794. The predicted octanol–water partition coefficient (Wildman–Crippen LogP) is 1.19. The Bertz CT molecular complexity index is 409. The van der Waals surface area contributed by atoms with Gasteiger partial charge in [0.1, 0.15) is 11.5 Å². The van der Waals surface area contributed by atoms with Gasteiger partial charge in [0.15, 0.2) is 0 Å². The van der Waals surface area contributed by atoms with Crippen molar-refractivity contribution in [3.05, 3.63) is 22.2 Å². The van der Waals surface area contributed by atoms with E-state index in [1.165, 1.54) is 14.2 Å². The van der Waals surface area contributed by atoms with Crippen molar-refractivity contribution in [1.29, 1.82) is 0 Å². The Kier molecular flexibility index (Phi) is 5.24. The summed E-state index contributed by atoms with van der Waals surface area (Å²) < 4.78 is 10.9. The normalized spacial score (nSPS) is 9.88. The summed E-state index contributed by atoms with van der Waals surface area (Å²) in [5.41, 5.74) is 0.354. The van der Waals surface area contributed by atoms with Gasteiger partial charge in [-0.1, -0.05) is 0 Å². The van der Waals surface area contributed by atoms with Gasteiger partial charge in [0.25, 0.3) is 5.91 Å². The van der Waals surface area contributed by atoms with Gasteiger partial charge in [-0.2, -0.15) is 0 Å². The van der Waals surface area contributed by atoms with Gasteiger partial charge in [-0.05, 0) is 28.1 Å². The van der Waals surface area contributed by atoms with Crippen LogP contribution >= 0.6 is 15.9 Å². The van der Waals surface area contributed by atoms with E-state index in [1.54, 1.807) is 12.1 Å². The number of aliphatic hydroxyl groups is 1. The molecule has 1 aromatic rings. The average Bonchev–Trinajstić information content (AvgIpc) is 2.34. The Hall–Kier alpha value is -1.27. The number of carbonyl (C=O) groups excluding carboxylic acids is 1. The number of methoxy groups -OCH3 is 2. The molecule has 5 nitrogen and oxygen atoms in total. The summed E-state index contributed by atoms with van der Waals surface area (Å²) >= 11 is 3.30. The number of rotatable bonds is 5. The highest BCUT2D eigenvalue weighted by molar-refractivity contribution is 9.10. The van der Waals surface area contributed by atoms with Crippen molar-refractivity contribution < 1.29 is 19.4 Å². The molecule has 0 aliphatic carbocycles. The summed E-state index contributed by atoms with van der Waals surface area (Å²) in [6.07, 6.45) is 0. The molecule has 1 amide bonds. The average molecular weight is 304 g/mol. The Labute approximate surface area is 108 Å². The first-order chi connectivity index (χ1) is 8.13. The molecule has 0 radical (unpaired) electrons. The van der Waals surface area contributed by atoms with Gasteiger partial charge in [-0.25, -0.2) is 0 Å². The van der Waals surface area contributed by atoms with E-state index < -0.39 is 0 Å². The van der Waals surface area contributed by atoms with Crippen LogP contribution in [0.3, 0.4) is 0 Å². The van der Waals surface area contributed by atoms with Crippen molar-refractivity contribution >= 4 is 21.8 Å². The lowest BCUT2D eigenvalue weighted by Crippen LogP contribution is -2.26. The first-order valence-corrected chi connectivity index (χ1v) is 5.74. The van der Waals surface area contributed by atoms with Crippen molar-refractivity contribution in [3.8, 4) is 11.5 Å². The van der Waals surface area contributed by atoms with E-state index in [9.17, 15) is 4.79 Å². The summed E-state index contributed by atoms with van der Waals surface area (Å²) in [6, 6.07) is 3.29. The highest BCUT2D eigenvalue weighted by Gasteiger charge is 2.16. The third-order valence-corrected chi connectivity index (χ3v) is 2.69. The lowest BCUT2D eigenvalue weighted by atomic mass is 10.1. The molecule has 0 atom stereocenters. The minimum absolute atomic E-state index is 0.112. The highest BCUT2D eigenvalue weighted by Crippen LogP contribution is 2.33. The number of carbonyl (C=O) groups is 1. The van der Waals surface area contributed by atoms with Crippen LogP contribution in [0.5, 0.6) is 11.5 Å².